The monoisotopic (exact) mass is 340 g/mol. The number of amides is 2. The molecule has 1 aromatic carbocycles. The Balaban J connectivity index is 1.51. The molecule has 0 aromatic heterocycles. The average Bonchev–Trinajstić information content (AvgIpc) is 3.44. The van der Waals surface area contributed by atoms with Crippen molar-refractivity contribution in [2.24, 2.45) is 5.92 Å². The Morgan fingerprint density at radius 3 is 2.52 bits per heavy atom. The molecule has 132 valence electrons. The maximum Gasteiger partial charge on any atom is 0.251 e. The van der Waals surface area contributed by atoms with Crippen molar-refractivity contribution in [3.05, 3.63) is 29.8 Å². The van der Waals surface area contributed by atoms with E-state index < -0.39 is 0 Å². The molecule has 25 heavy (non-hydrogen) atoms. The van der Waals surface area contributed by atoms with Crippen LogP contribution in [0.4, 0.5) is 0 Å². The van der Waals surface area contributed by atoms with Crippen molar-refractivity contribution in [2.45, 2.75) is 50.6 Å². The summed E-state index contributed by atoms with van der Waals surface area (Å²) in [5.74, 6) is 3.09. The molecule has 2 aliphatic carbocycles. The Kier molecular flexibility index (Phi) is 5.60. The number of hydrogen-bond donors (Lipinski definition) is 2. The fourth-order valence-electron chi connectivity index (χ4n) is 3.20. The van der Waals surface area contributed by atoms with Crippen LogP contribution in [-0.4, -0.2) is 30.5 Å². The van der Waals surface area contributed by atoms with E-state index in [0.29, 0.717) is 23.8 Å². The van der Waals surface area contributed by atoms with E-state index in [-0.39, 0.29) is 30.4 Å². The molecule has 0 radical (unpaired) electrons. The largest absolute Gasteiger partial charge is 0.481 e. The predicted molar refractivity (Wildman–Crippen MR) is 95.1 cm³/mol. The van der Waals surface area contributed by atoms with E-state index in [4.69, 9.17) is 11.2 Å². The number of rotatable bonds is 6. The first kappa shape index (κ1) is 17.3. The average molecular weight is 340 g/mol. The number of carbonyl (C=O) groups is 2. The lowest BCUT2D eigenvalue weighted by molar-refractivity contribution is -0.126. The van der Waals surface area contributed by atoms with Gasteiger partial charge in [0.05, 0.1) is 0 Å². The number of benzene rings is 1. The van der Waals surface area contributed by atoms with E-state index in [2.05, 4.69) is 16.6 Å². The minimum absolute atomic E-state index is 0.0131. The second-order valence-corrected chi connectivity index (χ2v) is 6.83. The summed E-state index contributed by atoms with van der Waals surface area (Å²) in [6.07, 6.45) is 10.9. The molecule has 2 atom stereocenters. The maximum atomic E-state index is 12.4. The van der Waals surface area contributed by atoms with Gasteiger partial charge >= 0.3 is 0 Å². The van der Waals surface area contributed by atoms with Gasteiger partial charge in [-0.3, -0.25) is 9.59 Å². The van der Waals surface area contributed by atoms with E-state index in [0.717, 1.165) is 32.1 Å². The fourth-order valence-corrected chi connectivity index (χ4v) is 3.20. The molecule has 0 saturated heterocycles. The summed E-state index contributed by atoms with van der Waals surface area (Å²) in [6.45, 7) is 0.206. The van der Waals surface area contributed by atoms with Crippen LogP contribution in [0, 0.1) is 18.3 Å². The Bertz CT molecular complexity index is 659. The van der Waals surface area contributed by atoms with Crippen LogP contribution in [0.25, 0.3) is 0 Å². The van der Waals surface area contributed by atoms with Crippen LogP contribution in [0.3, 0.4) is 0 Å². The van der Waals surface area contributed by atoms with E-state index in [1.54, 1.807) is 24.3 Å². The zero-order chi connectivity index (χ0) is 17.6. The molecule has 3 rings (SSSR count). The molecule has 0 aliphatic heterocycles. The molecule has 5 nitrogen and oxygen atoms in total. The minimum Gasteiger partial charge on any atom is -0.481 e. The lowest BCUT2D eigenvalue weighted by Gasteiger charge is -2.29. The van der Waals surface area contributed by atoms with Gasteiger partial charge in [-0.1, -0.05) is 12.3 Å². The quantitative estimate of drug-likeness (QED) is 0.781. The van der Waals surface area contributed by atoms with Crippen LogP contribution in [0.5, 0.6) is 5.75 Å². The smallest absolute Gasteiger partial charge is 0.251 e. The summed E-state index contributed by atoms with van der Waals surface area (Å²) < 4.78 is 5.30. The molecule has 0 spiro atoms. The zero-order valence-corrected chi connectivity index (χ0v) is 14.3. The third-order valence-corrected chi connectivity index (χ3v) is 4.74. The fraction of sp³-hybridized carbons (Fsp3) is 0.500. The van der Waals surface area contributed by atoms with Gasteiger partial charge in [0, 0.05) is 23.6 Å². The molecule has 2 N–H and O–H groups in total. The van der Waals surface area contributed by atoms with E-state index >= 15 is 0 Å². The summed E-state index contributed by atoms with van der Waals surface area (Å²) in [5.41, 5.74) is 0.581. The molecular weight excluding hydrogens is 316 g/mol. The van der Waals surface area contributed by atoms with Gasteiger partial charge in [-0.05, 0) is 56.4 Å². The van der Waals surface area contributed by atoms with E-state index in [1.165, 1.54) is 0 Å². The van der Waals surface area contributed by atoms with Crippen molar-refractivity contribution in [1.29, 1.82) is 0 Å². The number of nitrogens with one attached hydrogen (secondary N) is 2. The first-order valence-electron chi connectivity index (χ1n) is 8.93. The van der Waals surface area contributed by atoms with Crippen LogP contribution in [0.1, 0.15) is 48.9 Å². The van der Waals surface area contributed by atoms with Crippen LogP contribution in [-0.2, 0) is 4.79 Å². The molecule has 2 amide bonds. The summed E-state index contributed by atoms with van der Waals surface area (Å²) in [4.78, 5) is 24.6. The van der Waals surface area contributed by atoms with Gasteiger partial charge in [-0.15, -0.1) is 6.42 Å². The van der Waals surface area contributed by atoms with E-state index in [9.17, 15) is 9.59 Å². The van der Waals surface area contributed by atoms with Crippen molar-refractivity contribution in [3.63, 3.8) is 0 Å². The summed E-state index contributed by atoms with van der Waals surface area (Å²) in [5, 5.41) is 6.13. The maximum absolute atomic E-state index is 12.4. The van der Waals surface area contributed by atoms with Crippen molar-refractivity contribution in [3.8, 4) is 18.1 Å². The second kappa shape index (κ2) is 8.06. The third-order valence-electron chi connectivity index (χ3n) is 4.74. The summed E-state index contributed by atoms with van der Waals surface area (Å²) >= 11 is 0. The number of hydrogen-bond acceptors (Lipinski definition) is 3. The van der Waals surface area contributed by atoms with E-state index in [1.807, 2.05) is 0 Å². The zero-order valence-electron chi connectivity index (χ0n) is 14.3. The molecule has 2 aliphatic rings. The molecule has 0 unspecified atom stereocenters. The van der Waals surface area contributed by atoms with Gasteiger partial charge in [-0.2, -0.15) is 0 Å². The van der Waals surface area contributed by atoms with Gasteiger partial charge in [0.1, 0.15) is 12.4 Å². The molecule has 1 aromatic rings. The Morgan fingerprint density at radius 1 is 1.08 bits per heavy atom. The standard InChI is InChI=1S/C20H24N2O3/c1-2-12-25-18-10-6-14(7-11-18)19(23)22-17-5-3-4-15(13-17)20(24)21-16-8-9-16/h1,6-7,10-11,15-17H,3-5,8-9,12-13H2,(H,21,24)(H,22,23)/t15-,17-/m0/s1. The minimum atomic E-state index is -0.114. The highest BCUT2D eigenvalue weighted by atomic mass is 16.5. The molecule has 2 saturated carbocycles. The lowest BCUT2D eigenvalue weighted by Crippen LogP contribution is -2.42. The molecule has 5 heteroatoms. The van der Waals surface area contributed by atoms with Crippen molar-refractivity contribution < 1.29 is 14.3 Å². The van der Waals surface area contributed by atoms with Gasteiger partial charge in [-0.25, -0.2) is 0 Å². The number of ether oxygens (including phenoxy) is 1. The first-order chi connectivity index (χ1) is 12.2. The highest BCUT2D eigenvalue weighted by Crippen LogP contribution is 2.27. The van der Waals surface area contributed by atoms with Gasteiger partial charge in [0.2, 0.25) is 5.91 Å². The lowest BCUT2D eigenvalue weighted by atomic mass is 9.85. The highest BCUT2D eigenvalue weighted by Gasteiger charge is 2.31. The third kappa shape index (κ3) is 4.99. The van der Waals surface area contributed by atoms with Crippen LogP contribution >= 0.6 is 0 Å². The Labute approximate surface area is 148 Å². The number of carbonyl (C=O) groups excluding carboxylic acids is 2. The van der Waals surface area contributed by atoms with Crippen LogP contribution in [0.2, 0.25) is 0 Å². The Hall–Kier alpha value is -2.48. The Morgan fingerprint density at radius 2 is 1.84 bits per heavy atom. The van der Waals surface area contributed by atoms with Gasteiger partial charge in [0.15, 0.2) is 0 Å². The van der Waals surface area contributed by atoms with Gasteiger partial charge < -0.3 is 15.4 Å². The molecular formula is C20H24N2O3. The van der Waals surface area contributed by atoms with Gasteiger partial charge in [0.25, 0.3) is 5.91 Å². The summed E-state index contributed by atoms with van der Waals surface area (Å²) in [7, 11) is 0. The molecule has 0 bridgehead atoms. The van der Waals surface area contributed by atoms with Crippen LogP contribution < -0.4 is 15.4 Å². The molecule has 0 heterocycles. The first-order valence-corrected chi connectivity index (χ1v) is 8.93. The predicted octanol–water partition coefficient (Wildman–Crippen LogP) is 2.27. The summed E-state index contributed by atoms with van der Waals surface area (Å²) in [6, 6.07) is 7.35. The van der Waals surface area contributed by atoms with Crippen LogP contribution in [0.15, 0.2) is 24.3 Å². The second-order valence-electron chi connectivity index (χ2n) is 6.83. The topological polar surface area (TPSA) is 67.4 Å². The van der Waals surface area contributed by atoms with Crippen molar-refractivity contribution in [2.75, 3.05) is 6.61 Å². The van der Waals surface area contributed by atoms with Crippen molar-refractivity contribution in [1.82, 2.24) is 10.6 Å². The highest BCUT2D eigenvalue weighted by molar-refractivity contribution is 5.94. The van der Waals surface area contributed by atoms with Crippen molar-refractivity contribution >= 4 is 11.8 Å². The number of terminal acetylenes is 1. The normalized spacial score (nSPS) is 22.5. The SMILES string of the molecule is C#CCOc1ccc(C(=O)N[C@H]2CCC[C@H](C(=O)NC3CC3)C2)cc1. The molecule has 2 fully saturated rings.